The maximum absolute atomic E-state index is 13.4. The maximum atomic E-state index is 13.4. The van der Waals surface area contributed by atoms with Gasteiger partial charge in [-0.1, -0.05) is 45.2 Å². The minimum Gasteiger partial charge on any atom is -0.344 e. The highest BCUT2D eigenvalue weighted by molar-refractivity contribution is 5.88. The normalized spacial score (nSPS) is 16.3. The third-order valence-corrected chi connectivity index (χ3v) is 5.16. The van der Waals surface area contributed by atoms with Crippen molar-refractivity contribution in [2.75, 3.05) is 6.54 Å². The van der Waals surface area contributed by atoms with Gasteiger partial charge in [-0.05, 0) is 43.4 Å². The van der Waals surface area contributed by atoms with Gasteiger partial charge in [-0.3, -0.25) is 9.59 Å². The minimum absolute atomic E-state index is 0.00133. The highest BCUT2D eigenvalue weighted by Crippen LogP contribution is 2.24. The molecule has 0 aliphatic heterocycles. The van der Waals surface area contributed by atoms with Crippen LogP contribution in [0.3, 0.4) is 0 Å². The van der Waals surface area contributed by atoms with Gasteiger partial charge >= 0.3 is 0 Å². The molecule has 1 fully saturated rings. The predicted molar refractivity (Wildman–Crippen MR) is 101 cm³/mol. The molecule has 0 heterocycles. The summed E-state index contributed by atoms with van der Waals surface area (Å²) >= 11 is 0. The fourth-order valence-corrected chi connectivity index (χ4v) is 3.55. The van der Waals surface area contributed by atoms with E-state index in [4.69, 9.17) is 0 Å². The van der Waals surface area contributed by atoms with Crippen LogP contribution in [-0.4, -0.2) is 29.3 Å². The van der Waals surface area contributed by atoms with Crippen LogP contribution in [0.2, 0.25) is 0 Å². The molecule has 5 heteroatoms. The number of nitrogens with zero attached hydrogens (tertiary/aromatic N) is 1. The van der Waals surface area contributed by atoms with E-state index in [-0.39, 0.29) is 29.5 Å². The van der Waals surface area contributed by atoms with Gasteiger partial charge in [-0.15, -0.1) is 0 Å². The lowest BCUT2D eigenvalue weighted by Gasteiger charge is -2.31. The smallest absolute Gasteiger partial charge is 0.245 e. The van der Waals surface area contributed by atoms with E-state index in [1.165, 1.54) is 18.6 Å². The lowest BCUT2D eigenvalue weighted by molar-refractivity contribution is -0.139. The van der Waals surface area contributed by atoms with Crippen molar-refractivity contribution in [3.05, 3.63) is 35.6 Å². The number of amides is 2. The van der Waals surface area contributed by atoms with E-state index in [2.05, 4.69) is 5.32 Å². The summed E-state index contributed by atoms with van der Waals surface area (Å²) in [5, 5.41) is 2.99. The topological polar surface area (TPSA) is 49.4 Å². The zero-order valence-corrected chi connectivity index (χ0v) is 16.1. The third-order valence-electron chi connectivity index (χ3n) is 5.16. The monoisotopic (exact) mass is 362 g/mol. The molecule has 1 aliphatic carbocycles. The van der Waals surface area contributed by atoms with Crippen LogP contribution in [0.15, 0.2) is 24.3 Å². The van der Waals surface area contributed by atoms with Gasteiger partial charge in [0.05, 0.1) is 0 Å². The van der Waals surface area contributed by atoms with Crippen LogP contribution in [0.4, 0.5) is 4.39 Å². The third kappa shape index (κ3) is 5.55. The Morgan fingerprint density at radius 3 is 2.50 bits per heavy atom. The fourth-order valence-electron chi connectivity index (χ4n) is 3.55. The molecule has 1 saturated carbocycles. The van der Waals surface area contributed by atoms with Crippen LogP contribution in [0.5, 0.6) is 0 Å². The first-order chi connectivity index (χ1) is 12.4. The van der Waals surface area contributed by atoms with E-state index in [9.17, 15) is 14.0 Å². The molecule has 1 atom stereocenters. The number of rotatable bonds is 7. The maximum Gasteiger partial charge on any atom is 0.245 e. The van der Waals surface area contributed by atoms with E-state index in [0.29, 0.717) is 13.1 Å². The molecule has 4 nitrogen and oxygen atoms in total. The molecular weight excluding hydrogens is 331 g/mol. The molecule has 1 aromatic carbocycles. The van der Waals surface area contributed by atoms with E-state index in [1.807, 2.05) is 26.8 Å². The van der Waals surface area contributed by atoms with Crippen molar-refractivity contribution in [1.29, 1.82) is 0 Å². The standard InChI is InChI=1S/C21H31FN2O2/c1-4-24(14-16-9-8-12-18(22)13-16)21(26)19(15(2)3)23-20(25)17-10-6-5-7-11-17/h8-9,12-13,15,17,19H,4-7,10-11,14H2,1-3H3,(H,23,25)/t19-/m1/s1. The van der Waals surface area contributed by atoms with Crippen molar-refractivity contribution in [1.82, 2.24) is 10.2 Å². The van der Waals surface area contributed by atoms with Crippen molar-refractivity contribution >= 4 is 11.8 Å². The van der Waals surface area contributed by atoms with Gasteiger partial charge in [-0.25, -0.2) is 4.39 Å². The van der Waals surface area contributed by atoms with Gasteiger partial charge in [0.15, 0.2) is 0 Å². The highest BCUT2D eigenvalue weighted by Gasteiger charge is 2.31. The Kier molecular flexibility index (Phi) is 7.61. The molecule has 0 saturated heterocycles. The van der Waals surface area contributed by atoms with Crippen LogP contribution in [0.1, 0.15) is 58.4 Å². The first-order valence-corrected chi connectivity index (χ1v) is 9.76. The number of carbonyl (C=O) groups is 2. The SMILES string of the molecule is CCN(Cc1cccc(F)c1)C(=O)[C@H](NC(=O)C1CCCCC1)C(C)C. The Balaban J connectivity index is 2.05. The van der Waals surface area contributed by atoms with Crippen LogP contribution in [0, 0.1) is 17.7 Å². The average Bonchev–Trinajstić information content (AvgIpc) is 2.64. The summed E-state index contributed by atoms with van der Waals surface area (Å²) < 4.78 is 13.4. The van der Waals surface area contributed by atoms with E-state index in [1.54, 1.807) is 11.0 Å². The Hall–Kier alpha value is -1.91. The Labute approximate surface area is 156 Å². The van der Waals surface area contributed by atoms with Crippen molar-refractivity contribution in [2.24, 2.45) is 11.8 Å². The van der Waals surface area contributed by atoms with Crippen molar-refractivity contribution in [2.45, 2.75) is 65.5 Å². The summed E-state index contributed by atoms with van der Waals surface area (Å²) in [6.45, 7) is 6.64. The molecule has 0 bridgehead atoms. The molecule has 0 radical (unpaired) electrons. The average molecular weight is 362 g/mol. The Bertz CT molecular complexity index is 612. The molecule has 1 N–H and O–H groups in total. The number of carbonyl (C=O) groups excluding carboxylic acids is 2. The summed E-state index contributed by atoms with van der Waals surface area (Å²) in [5.74, 6) is -0.390. The summed E-state index contributed by atoms with van der Waals surface area (Å²) in [6, 6.07) is 5.75. The minimum atomic E-state index is -0.544. The molecule has 2 rings (SSSR count). The van der Waals surface area contributed by atoms with Gasteiger partial charge < -0.3 is 10.2 Å². The molecule has 26 heavy (non-hydrogen) atoms. The second kappa shape index (κ2) is 9.70. The quantitative estimate of drug-likeness (QED) is 0.800. The van der Waals surface area contributed by atoms with Crippen LogP contribution >= 0.6 is 0 Å². The molecule has 0 unspecified atom stereocenters. The first-order valence-electron chi connectivity index (χ1n) is 9.76. The van der Waals surface area contributed by atoms with Crippen molar-refractivity contribution < 1.29 is 14.0 Å². The molecular formula is C21H31FN2O2. The largest absolute Gasteiger partial charge is 0.344 e. The van der Waals surface area contributed by atoms with E-state index >= 15 is 0 Å². The van der Waals surface area contributed by atoms with E-state index < -0.39 is 6.04 Å². The Morgan fingerprint density at radius 2 is 1.92 bits per heavy atom. The van der Waals surface area contributed by atoms with Gasteiger partial charge in [0.25, 0.3) is 0 Å². The number of halogens is 1. The predicted octanol–water partition coefficient (Wildman–Crippen LogP) is 3.90. The van der Waals surface area contributed by atoms with Crippen LogP contribution in [0.25, 0.3) is 0 Å². The van der Waals surface area contributed by atoms with Crippen LogP contribution < -0.4 is 5.32 Å². The summed E-state index contributed by atoms with van der Waals surface area (Å²) in [7, 11) is 0. The summed E-state index contributed by atoms with van der Waals surface area (Å²) in [5.41, 5.74) is 0.751. The number of benzene rings is 1. The highest BCUT2D eigenvalue weighted by atomic mass is 19.1. The van der Waals surface area contributed by atoms with Gasteiger partial charge in [0.1, 0.15) is 11.9 Å². The molecule has 0 aromatic heterocycles. The van der Waals surface area contributed by atoms with Gasteiger partial charge in [0, 0.05) is 19.0 Å². The molecule has 1 aromatic rings. The summed E-state index contributed by atoms with van der Waals surface area (Å²) in [4.78, 5) is 27.3. The second-order valence-electron chi connectivity index (χ2n) is 7.55. The molecule has 2 amide bonds. The van der Waals surface area contributed by atoms with Gasteiger partial charge in [-0.2, -0.15) is 0 Å². The zero-order valence-electron chi connectivity index (χ0n) is 16.1. The molecule has 0 spiro atoms. The first kappa shape index (κ1) is 20.4. The van der Waals surface area contributed by atoms with Gasteiger partial charge in [0.2, 0.25) is 11.8 Å². The molecule has 1 aliphatic rings. The zero-order chi connectivity index (χ0) is 19.1. The van der Waals surface area contributed by atoms with Crippen LogP contribution in [-0.2, 0) is 16.1 Å². The molecule has 144 valence electrons. The number of likely N-dealkylation sites (N-methyl/N-ethyl adjacent to an activating group) is 1. The number of hydrogen-bond acceptors (Lipinski definition) is 2. The van der Waals surface area contributed by atoms with Crippen molar-refractivity contribution in [3.63, 3.8) is 0 Å². The lowest BCUT2D eigenvalue weighted by Crippen LogP contribution is -2.52. The lowest BCUT2D eigenvalue weighted by atomic mass is 9.88. The number of nitrogens with one attached hydrogen (secondary N) is 1. The van der Waals surface area contributed by atoms with E-state index in [0.717, 1.165) is 31.2 Å². The summed E-state index contributed by atoms with van der Waals surface area (Å²) in [6.07, 6.45) is 5.17. The number of hydrogen-bond donors (Lipinski definition) is 1. The van der Waals surface area contributed by atoms with Crippen molar-refractivity contribution in [3.8, 4) is 0 Å². The second-order valence-corrected chi connectivity index (χ2v) is 7.55. The Morgan fingerprint density at radius 1 is 1.23 bits per heavy atom. The fraction of sp³-hybridized carbons (Fsp3) is 0.619.